The summed E-state index contributed by atoms with van der Waals surface area (Å²) in [7, 11) is 1.59. The first-order valence-corrected chi connectivity index (χ1v) is 7.22. The Hall–Kier alpha value is -2.33. The van der Waals surface area contributed by atoms with E-state index in [9.17, 15) is 9.90 Å². The molecule has 2 aromatic carbocycles. The fourth-order valence-electron chi connectivity index (χ4n) is 2.35. The third-order valence-electron chi connectivity index (χ3n) is 3.46. The molecular formula is C18H21NO3. The van der Waals surface area contributed by atoms with Crippen LogP contribution in [0.25, 0.3) is 0 Å². The summed E-state index contributed by atoms with van der Waals surface area (Å²) in [5, 5.41) is 12.4. The van der Waals surface area contributed by atoms with Crippen molar-refractivity contribution in [3.8, 4) is 5.75 Å². The summed E-state index contributed by atoms with van der Waals surface area (Å²) in [6, 6.07) is 14.7. The van der Waals surface area contributed by atoms with E-state index in [2.05, 4.69) is 5.32 Å². The van der Waals surface area contributed by atoms with E-state index in [4.69, 9.17) is 4.74 Å². The maximum absolute atomic E-state index is 12.2. The molecular weight excluding hydrogens is 278 g/mol. The molecule has 2 rings (SSSR count). The number of carbonyl (C=O) groups is 1. The second kappa shape index (κ2) is 7.61. The molecule has 1 atom stereocenters. The number of benzene rings is 2. The molecule has 0 radical (unpaired) electrons. The number of aliphatic hydroxyl groups is 1. The molecule has 4 heteroatoms. The zero-order valence-corrected chi connectivity index (χ0v) is 12.9. The fourth-order valence-corrected chi connectivity index (χ4v) is 2.35. The topological polar surface area (TPSA) is 58.6 Å². The molecule has 2 N–H and O–H groups in total. The quantitative estimate of drug-likeness (QED) is 0.861. The Kier molecular flexibility index (Phi) is 5.55. The van der Waals surface area contributed by atoms with Crippen LogP contribution in [0.4, 0.5) is 0 Å². The van der Waals surface area contributed by atoms with Gasteiger partial charge in [-0.2, -0.15) is 0 Å². The first-order valence-electron chi connectivity index (χ1n) is 7.22. The first kappa shape index (κ1) is 16.0. The van der Waals surface area contributed by atoms with Gasteiger partial charge in [-0.05, 0) is 30.2 Å². The smallest absolute Gasteiger partial charge is 0.224 e. The van der Waals surface area contributed by atoms with Gasteiger partial charge in [-0.25, -0.2) is 0 Å². The van der Waals surface area contributed by atoms with Crippen LogP contribution in [0.1, 0.15) is 22.7 Å². The molecule has 0 saturated carbocycles. The largest absolute Gasteiger partial charge is 0.497 e. The number of rotatable bonds is 6. The molecule has 22 heavy (non-hydrogen) atoms. The molecule has 116 valence electrons. The van der Waals surface area contributed by atoms with Crippen molar-refractivity contribution < 1.29 is 14.6 Å². The molecule has 0 aromatic heterocycles. The summed E-state index contributed by atoms with van der Waals surface area (Å²) in [4.78, 5) is 12.2. The van der Waals surface area contributed by atoms with Crippen LogP contribution in [0.5, 0.6) is 5.75 Å². The van der Waals surface area contributed by atoms with Crippen LogP contribution < -0.4 is 10.1 Å². The van der Waals surface area contributed by atoms with Gasteiger partial charge < -0.3 is 15.2 Å². The van der Waals surface area contributed by atoms with Crippen molar-refractivity contribution >= 4 is 5.91 Å². The van der Waals surface area contributed by atoms with Gasteiger partial charge in [0.15, 0.2) is 0 Å². The van der Waals surface area contributed by atoms with Gasteiger partial charge in [-0.1, -0.05) is 42.0 Å². The van der Waals surface area contributed by atoms with Crippen LogP contribution in [0, 0.1) is 6.92 Å². The maximum atomic E-state index is 12.2. The number of nitrogens with one attached hydrogen (secondary N) is 1. The Morgan fingerprint density at radius 2 is 2.00 bits per heavy atom. The Balaban J connectivity index is 2.04. The van der Waals surface area contributed by atoms with E-state index in [1.54, 1.807) is 7.11 Å². The third-order valence-corrected chi connectivity index (χ3v) is 3.46. The van der Waals surface area contributed by atoms with Gasteiger partial charge in [0, 0.05) is 0 Å². The molecule has 0 aliphatic heterocycles. The monoisotopic (exact) mass is 299 g/mol. The summed E-state index contributed by atoms with van der Waals surface area (Å²) < 4.78 is 5.17. The molecule has 1 amide bonds. The van der Waals surface area contributed by atoms with Crippen molar-refractivity contribution in [3.63, 3.8) is 0 Å². The molecule has 4 nitrogen and oxygen atoms in total. The van der Waals surface area contributed by atoms with Crippen LogP contribution in [0.15, 0.2) is 48.5 Å². The second-order valence-electron chi connectivity index (χ2n) is 5.25. The number of ether oxygens (including phenoxy) is 1. The van der Waals surface area contributed by atoms with Crippen LogP contribution in [0.3, 0.4) is 0 Å². The molecule has 0 fully saturated rings. The summed E-state index contributed by atoms with van der Waals surface area (Å²) in [5.74, 6) is 0.580. The van der Waals surface area contributed by atoms with Gasteiger partial charge in [0.25, 0.3) is 0 Å². The first-order chi connectivity index (χ1) is 10.6. The van der Waals surface area contributed by atoms with Crippen LogP contribution in [-0.4, -0.2) is 24.7 Å². The van der Waals surface area contributed by atoms with Crippen LogP contribution in [-0.2, 0) is 11.2 Å². The van der Waals surface area contributed by atoms with Gasteiger partial charge in [-0.3, -0.25) is 4.79 Å². The van der Waals surface area contributed by atoms with Crippen molar-refractivity contribution in [2.45, 2.75) is 19.4 Å². The van der Waals surface area contributed by atoms with Crippen molar-refractivity contribution in [1.82, 2.24) is 5.32 Å². The van der Waals surface area contributed by atoms with Crippen molar-refractivity contribution in [2.24, 2.45) is 0 Å². The lowest BCUT2D eigenvalue weighted by molar-refractivity contribution is -0.121. The maximum Gasteiger partial charge on any atom is 0.224 e. The highest BCUT2D eigenvalue weighted by Crippen LogP contribution is 2.19. The highest BCUT2D eigenvalue weighted by Gasteiger charge is 2.14. The average Bonchev–Trinajstić information content (AvgIpc) is 2.52. The lowest BCUT2D eigenvalue weighted by Crippen LogP contribution is -2.32. The van der Waals surface area contributed by atoms with Gasteiger partial charge in [0.1, 0.15) is 5.75 Å². The summed E-state index contributed by atoms with van der Waals surface area (Å²) in [5.41, 5.74) is 2.90. The van der Waals surface area contributed by atoms with E-state index in [-0.39, 0.29) is 12.5 Å². The molecule has 0 heterocycles. The third kappa shape index (κ3) is 4.33. The standard InChI is InChI=1S/C18H21NO3/c1-13-5-3-6-14(9-13)10-18(21)19-17(12-20)15-7-4-8-16(11-15)22-2/h3-9,11,17,20H,10,12H2,1-2H3,(H,19,21)/t17-/m1/s1. The number of aliphatic hydroxyl groups excluding tert-OH is 1. The van der Waals surface area contributed by atoms with Crippen LogP contribution >= 0.6 is 0 Å². The minimum atomic E-state index is -0.438. The Morgan fingerprint density at radius 3 is 2.68 bits per heavy atom. The van der Waals surface area contributed by atoms with E-state index >= 15 is 0 Å². The number of aryl methyl sites for hydroxylation is 1. The van der Waals surface area contributed by atoms with Gasteiger partial charge >= 0.3 is 0 Å². The molecule has 0 saturated heterocycles. The van der Waals surface area contributed by atoms with E-state index in [1.165, 1.54) is 0 Å². The summed E-state index contributed by atoms with van der Waals surface area (Å²) >= 11 is 0. The Morgan fingerprint density at radius 1 is 1.23 bits per heavy atom. The Bertz CT molecular complexity index is 640. The minimum absolute atomic E-state index is 0.118. The number of hydrogen-bond acceptors (Lipinski definition) is 3. The summed E-state index contributed by atoms with van der Waals surface area (Å²) in [6.07, 6.45) is 0.294. The van der Waals surface area contributed by atoms with E-state index in [0.29, 0.717) is 12.2 Å². The molecule has 0 bridgehead atoms. The van der Waals surface area contributed by atoms with Gasteiger partial charge in [0.2, 0.25) is 5.91 Å². The highest BCUT2D eigenvalue weighted by atomic mass is 16.5. The van der Waals surface area contributed by atoms with Crippen molar-refractivity contribution in [3.05, 3.63) is 65.2 Å². The predicted molar refractivity (Wildman–Crippen MR) is 85.8 cm³/mol. The van der Waals surface area contributed by atoms with Crippen molar-refractivity contribution in [1.29, 1.82) is 0 Å². The predicted octanol–water partition coefficient (Wildman–Crippen LogP) is 2.40. The minimum Gasteiger partial charge on any atom is -0.497 e. The number of carbonyl (C=O) groups excluding carboxylic acids is 1. The SMILES string of the molecule is COc1cccc([C@@H](CO)NC(=O)Cc2cccc(C)c2)c1. The normalized spacial score (nSPS) is 11.8. The molecule has 2 aromatic rings. The van der Waals surface area contributed by atoms with E-state index < -0.39 is 6.04 Å². The van der Waals surface area contributed by atoms with Crippen molar-refractivity contribution in [2.75, 3.05) is 13.7 Å². The Labute approximate surface area is 130 Å². The van der Waals surface area contributed by atoms with Gasteiger partial charge in [-0.15, -0.1) is 0 Å². The van der Waals surface area contributed by atoms with Gasteiger partial charge in [0.05, 0.1) is 26.2 Å². The molecule has 0 spiro atoms. The number of methoxy groups -OCH3 is 1. The summed E-state index contributed by atoms with van der Waals surface area (Å²) in [6.45, 7) is 1.83. The zero-order valence-electron chi connectivity index (χ0n) is 12.9. The highest BCUT2D eigenvalue weighted by molar-refractivity contribution is 5.79. The van der Waals surface area contributed by atoms with E-state index in [0.717, 1.165) is 16.7 Å². The number of amides is 1. The molecule has 0 unspecified atom stereocenters. The lowest BCUT2D eigenvalue weighted by atomic mass is 10.1. The lowest BCUT2D eigenvalue weighted by Gasteiger charge is -2.17. The zero-order chi connectivity index (χ0) is 15.9. The fraction of sp³-hybridized carbons (Fsp3) is 0.278. The molecule has 0 aliphatic rings. The van der Waals surface area contributed by atoms with Crippen LogP contribution in [0.2, 0.25) is 0 Å². The second-order valence-corrected chi connectivity index (χ2v) is 5.25. The molecule has 0 aliphatic carbocycles. The average molecular weight is 299 g/mol. The number of hydrogen-bond donors (Lipinski definition) is 2. The van der Waals surface area contributed by atoms with E-state index in [1.807, 2.05) is 55.5 Å².